The molecule has 142 valence electrons. The maximum atomic E-state index is 13.2. The molecule has 0 aromatic heterocycles. The monoisotopic (exact) mass is 396 g/mol. The molecule has 0 saturated carbocycles. The van der Waals surface area contributed by atoms with Crippen molar-refractivity contribution in [3.8, 4) is 11.5 Å². The smallest absolute Gasteiger partial charge is 0.256 e. The SMILES string of the molecule is NC(=O)CSc1ccccc1C(=O)Nc1ccc(Oc2cccc(F)c2)cc1. The van der Waals surface area contributed by atoms with E-state index in [1.54, 1.807) is 60.7 Å². The van der Waals surface area contributed by atoms with Crippen molar-refractivity contribution >= 4 is 29.3 Å². The van der Waals surface area contributed by atoms with E-state index in [4.69, 9.17) is 10.5 Å². The lowest BCUT2D eigenvalue weighted by molar-refractivity contribution is -0.115. The lowest BCUT2D eigenvalue weighted by Crippen LogP contribution is -2.15. The third-order valence-corrected chi connectivity index (χ3v) is 4.74. The number of anilines is 1. The van der Waals surface area contributed by atoms with Crippen LogP contribution >= 0.6 is 11.8 Å². The molecule has 7 heteroatoms. The van der Waals surface area contributed by atoms with Crippen molar-refractivity contribution < 1.29 is 18.7 Å². The van der Waals surface area contributed by atoms with Crippen molar-refractivity contribution in [1.29, 1.82) is 0 Å². The standard InChI is InChI=1S/C21H17FN2O3S/c22-14-4-3-5-17(12-14)27-16-10-8-15(9-11-16)24-21(26)18-6-1-2-7-19(18)28-13-20(23)25/h1-12H,13H2,(H2,23,25)(H,24,26). The predicted molar refractivity (Wildman–Crippen MR) is 107 cm³/mol. The fraction of sp³-hybridized carbons (Fsp3) is 0.0476. The third-order valence-electron chi connectivity index (χ3n) is 3.65. The fourth-order valence-electron chi connectivity index (χ4n) is 2.40. The summed E-state index contributed by atoms with van der Waals surface area (Å²) in [5.74, 6) is -0.135. The molecular weight excluding hydrogens is 379 g/mol. The lowest BCUT2D eigenvalue weighted by Gasteiger charge is -2.10. The number of hydrogen-bond acceptors (Lipinski definition) is 4. The van der Waals surface area contributed by atoms with Crippen LogP contribution in [0.15, 0.2) is 77.7 Å². The van der Waals surface area contributed by atoms with Gasteiger partial charge in [0.1, 0.15) is 17.3 Å². The average molecular weight is 396 g/mol. The highest BCUT2D eigenvalue weighted by Crippen LogP contribution is 2.25. The molecule has 28 heavy (non-hydrogen) atoms. The third kappa shape index (κ3) is 5.34. The summed E-state index contributed by atoms with van der Waals surface area (Å²) in [6, 6.07) is 19.5. The highest BCUT2D eigenvalue weighted by Gasteiger charge is 2.12. The second-order valence-corrected chi connectivity index (χ2v) is 6.81. The van der Waals surface area contributed by atoms with E-state index >= 15 is 0 Å². The first-order chi connectivity index (χ1) is 13.5. The summed E-state index contributed by atoms with van der Waals surface area (Å²) in [6.07, 6.45) is 0. The molecule has 5 nitrogen and oxygen atoms in total. The van der Waals surface area contributed by atoms with Crippen LogP contribution in [0.1, 0.15) is 10.4 Å². The number of ether oxygens (including phenoxy) is 1. The molecule has 0 aliphatic heterocycles. The average Bonchev–Trinajstić information content (AvgIpc) is 2.68. The normalized spacial score (nSPS) is 10.3. The molecule has 0 aliphatic carbocycles. The Balaban J connectivity index is 1.67. The van der Waals surface area contributed by atoms with Crippen LogP contribution in [-0.4, -0.2) is 17.6 Å². The first kappa shape index (κ1) is 19.4. The number of nitrogens with two attached hydrogens (primary N) is 1. The molecule has 0 unspecified atom stereocenters. The quantitative estimate of drug-likeness (QED) is 0.578. The Morgan fingerprint density at radius 2 is 1.71 bits per heavy atom. The van der Waals surface area contributed by atoms with Gasteiger partial charge in [-0.1, -0.05) is 18.2 Å². The topological polar surface area (TPSA) is 81.4 Å². The van der Waals surface area contributed by atoms with E-state index in [0.29, 0.717) is 27.6 Å². The summed E-state index contributed by atoms with van der Waals surface area (Å²) in [6.45, 7) is 0. The van der Waals surface area contributed by atoms with E-state index in [9.17, 15) is 14.0 Å². The minimum absolute atomic E-state index is 0.0937. The van der Waals surface area contributed by atoms with Gasteiger partial charge in [0.25, 0.3) is 5.91 Å². The molecule has 3 aromatic rings. The molecule has 3 N–H and O–H groups in total. The van der Waals surface area contributed by atoms with Crippen LogP contribution in [0.2, 0.25) is 0 Å². The molecule has 0 saturated heterocycles. The van der Waals surface area contributed by atoms with Gasteiger partial charge in [-0.2, -0.15) is 0 Å². The summed E-state index contributed by atoms with van der Waals surface area (Å²) in [4.78, 5) is 24.2. The van der Waals surface area contributed by atoms with Gasteiger partial charge in [0.15, 0.2) is 0 Å². The van der Waals surface area contributed by atoms with Gasteiger partial charge in [0.2, 0.25) is 5.91 Å². The lowest BCUT2D eigenvalue weighted by atomic mass is 10.2. The number of benzene rings is 3. The zero-order valence-corrected chi connectivity index (χ0v) is 15.5. The van der Waals surface area contributed by atoms with Gasteiger partial charge in [0.05, 0.1) is 11.3 Å². The van der Waals surface area contributed by atoms with Crippen LogP contribution in [0, 0.1) is 5.82 Å². The van der Waals surface area contributed by atoms with Gasteiger partial charge in [-0.15, -0.1) is 11.8 Å². The number of thioether (sulfide) groups is 1. The van der Waals surface area contributed by atoms with Crippen molar-refractivity contribution in [2.45, 2.75) is 4.90 Å². The minimum atomic E-state index is -0.450. The molecule has 0 aliphatic rings. The van der Waals surface area contributed by atoms with E-state index in [1.165, 1.54) is 23.9 Å². The Morgan fingerprint density at radius 3 is 2.43 bits per heavy atom. The van der Waals surface area contributed by atoms with Crippen LogP contribution in [-0.2, 0) is 4.79 Å². The van der Waals surface area contributed by atoms with Gasteiger partial charge in [-0.05, 0) is 48.5 Å². The maximum Gasteiger partial charge on any atom is 0.256 e. The van der Waals surface area contributed by atoms with Gasteiger partial charge in [-0.25, -0.2) is 4.39 Å². The predicted octanol–water partition coefficient (Wildman–Crippen LogP) is 4.45. The van der Waals surface area contributed by atoms with Gasteiger partial charge >= 0.3 is 0 Å². The molecule has 0 radical (unpaired) electrons. The van der Waals surface area contributed by atoms with E-state index < -0.39 is 5.91 Å². The fourth-order valence-corrected chi connectivity index (χ4v) is 3.19. The maximum absolute atomic E-state index is 13.2. The highest BCUT2D eigenvalue weighted by atomic mass is 32.2. The number of nitrogens with one attached hydrogen (secondary N) is 1. The minimum Gasteiger partial charge on any atom is -0.457 e. The number of amides is 2. The van der Waals surface area contributed by atoms with E-state index in [-0.39, 0.29) is 17.5 Å². The second kappa shape index (κ2) is 9.05. The van der Waals surface area contributed by atoms with Crippen LogP contribution in [0.4, 0.5) is 10.1 Å². The molecule has 0 bridgehead atoms. The first-order valence-corrected chi connectivity index (χ1v) is 9.35. The molecule has 0 fully saturated rings. The Bertz CT molecular complexity index is 993. The Hall–Kier alpha value is -3.32. The van der Waals surface area contributed by atoms with Crippen molar-refractivity contribution in [2.75, 3.05) is 11.1 Å². The van der Waals surface area contributed by atoms with E-state index in [1.807, 2.05) is 0 Å². The largest absolute Gasteiger partial charge is 0.457 e. The molecule has 0 atom stereocenters. The highest BCUT2D eigenvalue weighted by molar-refractivity contribution is 8.00. The molecule has 2 amide bonds. The first-order valence-electron chi connectivity index (χ1n) is 8.36. The van der Waals surface area contributed by atoms with Crippen LogP contribution in [0.25, 0.3) is 0 Å². The summed E-state index contributed by atoms with van der Waals surface area (Å²) >= 11 is 1.21. The number of hydrogen-bond donors (Lipinski definition) is 2. The summed E-state index contributed by atoms with van der Waals surface area (Å²) < 4.78 is 18.8. The van der Waals surface area contributed by atoms with Gasteiger partial charge in [0, 0.05) is 16.6 Å². The van der Waals surface area contributed by atoms with Gasteiger partial charge in [-0.3, -0.25) is 9.59 Å². The van der Waals surface area contributed by atoms with Crippen molar-refractivity contribution in [1.82, 2.24) is 0 Å². The number of primary amides is 1. The second-order valence-electron chi connectivity index (χ2n) is 5.79. The summed E-state index contributed by atoms with van der Waals surface area (Å²) in [5.41, 5.74) is 6.20. The Morgan fingerprint density at radius 1 is 0.964 bits per heavy atom. The van der Waals surface area contributed by atoms with E-state index in [2.05, 4.69) is 5.32 Å². The Labute approximate surface area is 165 Å². The number of carbonyl (C=O) groups excluding carboxylic acids is 2. The van der Waals surface area contributed by atoms with Crippen molar-refractivity contribution in [3.05, 3.63) is 84.2 Å². The van der Waals surface area contributed by atoms with E-state index in [0.717, 1.165) is 0 Å². The zero-order valence-electron chi connectivity index (χ0n) is 14.7. The molecule has 3 rings (SSSR count). The zero-order chi connectivity index (χ0) is 19.9. The molecular formula is C21H17FN2O3S. The number of halogens is 1. The van der Waals surface area contributed by atoms with Crippen molar-refractivity contribution in [2.24, 2.45) is 5.73 Å². The number of rotatable bonds is 7. The molecule has 3 aromatic carbocycles. The Kier molecular flexibility index (Phi) is 6.29. The van der Waals surface area contributed by atoms with Gasteiger partial charge < -0.3 is 15.8 Å². The van der Waals surface area contributed by atoms with Crippen molar-refractivity contribution in [3.63, 3.8) is 0 Å². The van der Waals surface area contributed by atoms with Crippen LogP contribution in [0.5, 0.6) is 11.5 Å². The molecule has 0 heterocycles. The molecule has 0 spiro atoms. The van der Waals surface area contributed by atoms with Crippen LogP contribution < -0.4 is 15.8 Å². The number of carbonyl (C=O) groups is 2. The summed E-state index contributed by atoms with van der Waals surface area (Å²) in [7, 11) is 0. The summed E-state index contributed by atoms with van der Waals surface area (Å²) in [5, 5.41) is 2.80. The van der Waals surface area contributed by atoms with Crippen LogP contribution in [0.3, 0.4) is 0 Å².